The van der Waals surface area contributed by atoms with Gasteiger partial charge >= 0.3 is 0 Å². The number of sulfonamides is 1. The first-order valence-electron chi connectivity index (χ1n) is 8.39. The van der Waals surface area contributed by atoms with Gasteiger partial charge in [-0.3, -0.25) is 4.79 Å². The second-order valence-corrected chi connectivity index (χ2v) is 9.51. The predicted molar refractivity (Wildman–Crippen MR) is 101 cm³/mol. The van der Waals surface area contributed by atoms with Crippen molar-refractivity contribution in [3.05, 3.63) is 34.0 Å². The summed E-state index contributed by atoms with van der Waals surface area (Å²) in [6.45, 7) is 2.36. The van der Waals surface area contributed by atoms with E-state index in [0.29, 0.717) is 18.0 Å². The SMILES string of the molecule is CCc1nnc(NC(=O)C2CCN(S(=O)(=O)c3ccc(F)c(Cl)c3)CC2)s1. The topological polar surface area (TPSA) is 92.3 Å². The molecule has 1 aliphatic heterocycles. The smallest absolute Gasteiger partial charge is 0.243 e. The molecule has 2 aromatic rings. The van der Waals surface area contributed by atoms with E-state index in [2.05, 4.69) is 15.5 Å². The van der Waals surface area contributed by atoms with Crippen LogP contribution in [0.4, 0.5) is 9.52 Å². The van der Waals surface area contributed by atoms with Gasteiger partial charge in [-0.1, -0.05) is 29.9 Å². The van der Waals surface area contributed by atoms with Crippen LogP contribution in [0, 0.1) is 11.7 Å². The first kappa shape index (κ1) is 20.1. The van der Waals surface area contributed by atoms with E-state index in [1.54, 1.807) is 0 Å². The zero-order chi connectivity index (χ0) is 19.6. The van der Waals surface area contributed by atoms with Crippen molar-refractivity contribution in [2.24, 2.45) is 5.92 Å². The molecule has 0 aliphatic carbocycles. The van der Waals surface area contributed by atoms with Gasteiger partial charge in [-0.2, -0.15) is 4.31 Å². The standard InChI is InChI=1S/C16H18ClFN4O3S2/c1-2-14-20-21-16(26-14)19-15(23)10-5-7-22(8-6-10)27(24,25)11-3-4-13(18)12(17)9-11/h3-4,9-10H,2,5-8H2,1H3,(H,19,21,23). The maximum Gasteiger partial charge on any atom is 0.243 e. The molecule has 1 aromatic carbocycles. The van der Waals surface area contributed by atoms with Gasteiger partial charge in [-0.05, 0) is 37.5 Å². The average Bonchev–Trinajstić information content (AvgIpc) is 3.11. The number of rotatable bonds is 5. The fourth-order valence-corrected chi connectivity index (χ4v) is 5.22. The Labute approximate surface area is 165 Å². The van der Waals surface area contributed by atoms with E-state index < -0.39 is 15.8 Å². The molecular weight excluding hydrogens is 415 g/mol. The maximum atomic E-state index is 13.3. The second-order valence-electron chi connectivity index (χ2n) is 6.10. The van der Waals surface area contributed by atoms with Gasteiger partial charge in [-0.25, -0.2) is 12.8 Å². The molecule has 11 heteroatoms. The molecule has 27 heavy (non-hydrogen) atoms. The summed E-state index contributed by atoms with van der Waals surface area (Å²) >= 11 is 7.02. The van der Waals surface area contributed by atoms with E-state index in [-0.39, 0.29) is 34.8 Å². The summed E-state index contributed by atoms with van der Waals surface area (Å²) in [6, 6.07) is 3.32. The highest BCUT2D eigenvalue weighted by Crippen LogP contribution is 2.27. The lowest BCUT2D eigenvalue weighted by Crippen LogP contribution is -2.41. The second kappa shape index (κ2) is 8.17. The lowest BCUT2D eigenvalue weighted by atomic mass is 9.97. The summed E-state index contributed by atoms with van der Waals surface area (Å²) in [5.74, 6) is -1.16. The molecule has 0 saturated carbocycles. The third kappa shape index (κ3) is 4.45. The highest BCUT2D eigenvalue weighted by molar-refractivity contribution is 7.89. The Morgan fingerprint density at radius 3 is 2.67 bits per heavy atom. The van der Waals surface area contributed by atoms with Crippen LogP contribution in [0.1, 0.15) is 24.8 Å². The predicted octanol–water partition coefficient (Wildman–Crippen LogP) is 2.93. The number of amides is 1. The molecule has 1 amide bonds. The van der Waals surface area contributed by atoms with Crippen LogP contribution >= 0.6 is 22.9 Å². The van der Waals surface area contributed by atoms with Crippen LogP contribution in [-0.4, -0.2) is 41.9 Å². The number of nitrogens with one attached hydrogen (secondary N) is 1. The van der Waals surface area contributed by atoms with Gasteiger partial charge in [0.15, 0.2) is 0 Å². The molecule has 0 radical (unpaired) electrons. The molecule has 0 bridgehead atoms. The Hall–Kier alpha value is -1.62. The molecule has 7 nitrogen and oxygen atoms in total. The van der Waals surface area contributed by atoms with Crippen molar-refractivity contribution in [2.75, 3.05) is 18.4 Å². The monoisotopic (exact) mass is 432 g/mol. The zero-order valence-electron chi connectivity index (χ0n) is 14.5. The van der Waals surface area contributed by atoms with Crippen molar-refractivity contribution < 1.29 is 17.6 Å². The Bertz CT molecular complexity index is 943. The van der Waals surface area contributed by atoms with Crippen LogP contribution < -0.4 is 5.32 Å². The lowest BCUT2D eigenvalue weighted by molar-refractivity contribution is -0.120. The normalized spacial score (nSPS) is 16.4. The molecule has 0 spiro atoms. The van der Waals surface area contributed by atoms with E-state index in [1.165, 1.54) is 21.7 Å². The van der Waals surface area contributed by atoms with Crippen LogP contribution in [0.5, 0.6) is 0 Å². The van der Waals surface area contributed by atoms with Crippen molar-refractivity contribution in [3.8, 4) is 0 Å². The fraction of sp³-hybridized carbons (Fsp3) is 0.438. The maximum absolute atomic E-state index is 13.3. The molecule has 1 fully saturated rings. The third-order valence-electron chi connectivity index (χ3n) is 4.35. The number of halogens is 2. The molecule has 0 atom stereocenters. The molecule has 1 aromatic heterocycles. The Balaban J connectivity index is 1.62. The fourth-order valence-electron chi connectivity index (χ4n) is 2.80. The number of hydrogen-bond donors (Lipinski definition) is 1. The Morgan fingerprint density at radius 2 is 2.07 bits per heavy atom. The minimum absolute atomic E-state index is 0.0576. The number of carbonyl (C=O) groups excluding carboxylic acids is 1. The number of carbonyl (C=O) groups is 1. The molecule has 1 saturated heterocycles. The summed E-state index contributed by atoms with van der Waals surface area (Å²) < 4.78 is 39.9. The summed E-state index contributed by atoms with van der Waals surface area (Å²) in [7, 11) is -3.78. The van der Waals surface area contributed by atoms with E-state index in [1.807, 2.05) is 6.92 Å². The Kier molecular flexibility index (Phi) is 6.09. The molecule has 1 aliphatic rings. The van der Waals surface area contributed by atoms with E-state index in [0.717, 1.165) is 23.6 Å². The van der Waals surface area contributed by atoms with Crippen LogP contribution in [0.3, 0.4) is 0 Å². The average molecular weight is 433 g/mol. The van der Waals surface area contributed by atoms with E-state index in [9.17, 15) is 17.6 Å². The van der Waals surface area contributed by atoms with Crippen molar-refractivity contribution in [3.63, 3.8) is 0 Å². The Morgan fingerprint density at radius 1 is 1.37 bits per heavy atom. The minimum Gasteiger partial charge on any atom is -0.300 e. The van der Waals surface area contributed by atoms with Gasteiger partial charge in [-0.15, -0.1) is 10.2 Å². The number of piperidine rings is 1. The molecule has 1 N–H and O–H groups in total. The minimum atomic E-state index is -3.78. The van der Waals surface area contributed by atoms with E-state index >= 15 is 0 Å². The molecular formula is C16H18ClFN4O3S2. The highest BCUT2D eigenvalue weighted by Gasteiger charge is 2.32. The van der Waals surface area contributed by atoms with Crippen molar-refractivity contribution in [1.82, 2.24) is 14.5 Å². The van der Waals surface area contributed by atoms with Gasteiger partial charge in [0.25, 0.3) is 0 Å². The number of aromatic nitrogens is 2. The summed E-state index contributed by atoms with van der Waals surface area (Å²) in [5, 5.41) is 11.7. The zero-order valence-corrected chi connectivity index (χ0v) is 16.9. The third-order valence-corrected chi connectivity index (χ3v) is 7.52. The van der Waals surface area contributed by atoms with Gasteiger partial charge in [0.05, 0.1) is 9.92 Å². The molecule has 0 unspecified atom stereocenters. The molecule has 3 rings (SSSR count). The van der Waals surface area contributed by atoms with Crippen LogP contribution in [0.2, 0.25) is 5.02 Å². The van der Waals surface area contributed by atoms with Gasteiger partial charge < -0.3 is 5.32 Å². The number of aryl methyl sites for hydroxylation is 1. The van der Waals surface area contributed by atoms with Gasteiger partial charge in [0, 0.05) is 19.0 Å². The van der Waals surface area contributed by atoms with Crippen molar-refractivity contribution in [1.29, 1.82) is 0 Å². The number of nitrogens with zero attached hydrogens (tertiary/aromatic N) is 3. The molecule has 2 heterocycles. The summed E-state index contributed by atoms with van der Waals surface area (Å²) in [5.41, 5.74) is 0. The van der Waals surface area contributed by atoms with Crippen LogP contribution in [0.25, 0.3) is 0 Å². The summed E-state index contributed by atoms with van der Waals surface area (Å²) in [6.07, 6.45) is 1.52. The van der Waals surface area contributed by atoms with Crippen molar-refractivity contribution in [2.45, 2.75) is 31.1 Å². The number of benzene rings is 1. The first-order valence-corrected chi connectivity index (χ1v) is 11.0. The first-order chi connectivity index (χ1) is 12.8. The largest absolute Gasteiger partial charge is 0.300 e. The summed E-state index contributed by atoms with van der Waals surface area (Å²) in [4.78, 5) is 12.3. The lowest BCUT2D eigenvalue weighted by Gasteiger charge is -2.30. The van der Waals surface area contributed by atoms with Gasteiger partial charge in [0.1, 0.15) is 10.8 Å². The quantitative estimate of drug-likeness (QED) is 0.784. The number of hydrogen-bond acceptors (Lipinski definition) is 6. The van der Waals surface area contributed by atoms with Gasteiger partial charge in [0.2, 0.25) is 21.1 Å². The van der Waals surface area contributed by atoms with Crippen molar-refractivity contribution >= 4 is 44.0 Å². The van der Waals surface area contributed by atoms with Crippen LogP contribution in [-0.2, 0) is 21.2 Å². The number of anilines is 1. The van der Waals surface area contributed by atoms with Crippen LogP contribution in [0.15, 0.2) is 23.1 Å². The molecule has 146 valence electrons. The van der Waals surface area contributed by atoms with E-state index in [4.69, 9.17) is 11.6 Å². The highest BCUT2D eigenvalue weighted by atomic mass is 35.5.